The van der Waals surface area contributed by atoms with Crippen LogP contribution in [0.15, 0.2) is 43.3 Å². The van der Waals surface area contributed by atoms with E-state index in [-0.39, 0.29) is 22.8 Å². The minimum atomic E-state index is -1.71. The van der Waals surface area contributed by atoms with Crippen molar-refractivity contribution in [2.75, 3.05) is 5.32 Å². The van der Waals surface area contributed by atoms with Gasteiger partial charge >= 0.3 is 5.63 Å². The van der Waals surface area contributed by atoms with Gasteiger partial charge in [0.15, 0.2) is 5.41 Å². The summed E-state index contributed by atoms with van der Waals surface area (Å²) >= 11 is 3.42. The molecule has 4 rings (SSSR count). The third-order valence-corrected chi connectivity index (χ3v) is 5.51. The number of hydrogen-bond donors (Lipinski definition) is 2. The van der Waals surface area contributed by atoms with Gasteiger partial charge < -0.3 is 20.2 Å². The third kappa shape index (κ3) is 1.86. The number of benzene rings is 1. The maximum atomic E-state index is 13.1. The molecule has 8 heteroatoms. The number of nitriles is 1. The monoisotopic (exact) mass is 413 g/mol. The van der Waals surface area contributed by atoms with Crippen LogP contribution in [0.5, 0.6) is 5.75 Å². The molecule has 1 aromatic carbocycles. The highest BCUT2D eigenvalue weighted by atomic mass is 79.9. The van der Waals surface area contributed by atoms with Gasteiger partial charge in [-0.3, -0.25) is 4.79 Å². The van der Waals surface area contributed by atoms with Gasteiger partial charge in [0, 0.05) is 21.8 Å². The Hall–Kier alpha value is -3.05. The highest BCUT2D eigenvalue weighted by Gasteiger charge is 2.58. The Balaban J connectivity index is 2.22. The largest absolute Gasteiger partial charge is 0.440 e. The summed E-state index contributed by atoms with van der Waals surface area (Å²) in [5.41, 5.74) is 5.10. The lowest BCUT2D eigenvalue weighted by Crippen LogP contribution is -2.45. The van der Waals surface area contributed by atoms with Crippen molar-refractivity contribution in [2.45, 2.75) is 19.3 Å². The van der Waals surface area contributed by atoms with Crippen LogP contribution >= 0.6 is 15.9 Å². The lowest BCUT2D eigenvalue weighted by Gasteiger charge is -2.32. The maximum Gasteiger partial charge on any atom is 0.344 e. The van der Waals surface area contributed by atoms with Crippen LogP contribution in [0.1, 0.15) is 22.5 Å². The number of nitrogens with one attached hydrogen (secondary N) is 1. The standard InChI is InChI=1S/C18H12BrN3O4/c1-7-3-9-12(5-11(7)19)22-17(24)18(9)10(6-20)15(21)26-13-4-8(2)25-16(23)14(13)18/h3-5H,21H2,1-2H3,(H,22,24)/t18-/m1/s1. The predicted molar refractivity (Wildman–Crippen MR) is 95.5 cm³/mol. The number of nitrogens with zero attached hydrogens (tertiary/aromatic N) is 1. The van der Waals surface area contributed by atoms with Crippen molar-refractivity contribution in [3.8, 4) is 11.8 Å². The molecule has 0 fully saturated rings. The Morgan fingerprint density at radius 2 is 2.00 bits per heavy atom. The Labute approximate surface area is 156 Å². The summed E-state index contributed by atoms with van der Waals surface area (Å²) in [6, 6.07) is 6.91. The van der Waals surface area contributed by atoms with E-state index in [1.165, 1.54) is 6.07 Å². The number of halogens is 1. The van der Waals surface area contributed by atoms with E-state index in [1.54, 1.807) is 19.1 Å². The number of rotatable bonds is 0. The third-order valence-electron chi connectivity index (χ3n) is 4.66. The van der Waals surface area contributed by atoms with E-state index < -0.39 is 16.9 Å². The smallest absolute Gasteiger partial charge is 0.344 e. The fourth-order valence-corrected chi connectivity index (χ4v) is 3.89. The van der Waals surface area contributed by atoms with Crippen LogP contribution in [-0.2, 0) is 10.2 Å². The van der Waals surface area contributed by atoms with Crippen molar-refractivity contribution in [3.63, 3.8) is 0 Å². The molecule has 1 atom stereocenters. The predicted octanol–water partition coefficient (Wildman–Crippen LogP) is 2.34. The number of nitrogens with two attached hydrogens (primary N) is 1. The van der Waals surface area contributed by atoms with Gasteiger partial charge in [0.1, 0.15) is 28.7 Å². The van der Waals surface area contributed by atoms with Gasteiger partial charge in [-0.25, -0.2) is 4.79 Å². The molecule has 0 saturated heterocycles. The minimum Gasteiger partial charge on any atom is -0.440 e. The second-order valence-electron chi connectivity index (χ2n) is 6.19. The molecule has 7 nitrogen and oxygen atoms in total. The van der Waals surface area contributed by atoms with E-state index in [9.17, 15) is 14.9 Å². The zero-order valence-electron chi connectivity index (χ0n) is 13.8. The Kier molecular flexibility index (Phi) is 3.30. The number of aryl methyl sites for hydroxylation is 2. The molecule has 2 aliphatic rings. The quantitative estimate of drug-likeness (QED) is 0.683. The topological polar surface area (TPSA) is 118 Å². The lowest BCUT2D eigenvalue weighted by atomic mass is 9.69. The minimum absolute atomic E-state index is 0.0492. The van der Waals surface area contributed by atoms with Crippen LogP contribution in [0.3, 0.4) is 0 Å². The van der Waals surface area contributed by atoms with Crippen molar-refractivity contribution in [3.05, 3.63) is 67.0 Å². The van der Waals surface area contributed by atoms with E-state index in [2.05, 4.69) is 21.2 Å². The number of carbonyl (C=O) groups is 1. The summed E-state index contributed by atoms with van der Waals surface area (Å²) in [5, 5.41) is 12.5. The number of anilines is 1. The number of ether oxygens (including phenoxy) is 1. The first-order chi connectivity index (χ1) is 12.3. The van der Waals surface area contributed by atoms with Gasteiger partial charge in [-0.2, -0.15) is 5.26 Å². The van der Waals surface area contributed by atoms with Crippen LogP contribution in [0.4, 0.5) is 5.69 Å². The second-order valence-corrected chi connectivity index (χ2v) is 7.04. The number of hydrogen-bond acceptors (Lipinski definition) is 6. The summed E-state index contributed by atoms with van der Waals surface area (Å²) in [6.07, 6.45) is 0. The molecule has 130 valence electrons. The fraction of sp³-hybridized carbons (Fsp3) is 0.167. The van der Waals surface area contributed by atoms with Gasteiger partial charge in [-0.1, -0.05) is 22.0 Å². The second kappa shape index (κ2) is 5.22. The molecular formula is C18H12BrN3O4. The Morgan fingerprint density at radius 1 is 1.27 bits per heavy atom. The summed E-state index contributed by atoms with van der Waals surface area (Å²) < 4.78 is 11.5. The summed E-state index contributed by atoms with van der Waals surface area (Å²) in [7, 11) is 0. The van der Waals surface area contributed by atoms with E-state index in [1.807, 2.05) is 13.0 Å². The summed E-state index contributed by atoms with van der Waals surface area (Å²) in [5.74, 6) is -0.347. The lowest BCUT2D eigenvalue weighted by molar-refractivity contribution is -0.118. The molecule has 2 aliphatic heterocycles. The van der Waals surface area contributed by atoms with Gasteiger partial charge in [0.25, 0.3) is 0 Å². The molecule has 0 bridgehead atoms. The zero-order chi connectivity index (χ0) is 18.8. The number of carbonyl (C=O) groups excluding carboxylic acids is 1. The van der Waals surface area contributed by atoms with Gasteiger partial charge in [-0.15, -0.1) is 0 Å². The van der Waals surface area contributed by atoms with Crippen LogP contribution in [0.2, 0.25) is 0 Å². The van der Waals surface area contributed by atoms with Gasteiger partial charge in [-0.05, 0) is 25.5 Å². The molecule has 0 aliphatic carbocycles. The average molecular weight is 414 g/mol. The normalized spacial score (nSPS) is 20.3. The fourth-order valence-electron chi connectivity index (χ4n) is 3.55. The first-order valence-electron chi connectivity index (χ1n) is 7.66. The van der Waals surface area contributed by atoms with Crippen LogP contribution in [0.25, 0.3) is 0 Å². The summed E-state index contributed by atoms with van der Waals surface area (Å²) in [4.78, 5) is 25.9. The highest BCUT2D eigenvalue weighted by molar-refractivity contribution is 9.10. The van der Waals surface area contributed by atoms with Gasteiger partial charge in [0.2, 0.25) is 11.8 Å². The van der Waals surface area contributed by atoms with Crippen molar-refractivity contribution >= 4 is 27.5 Å². The highest BCUT2D eigenvalue weighted by Crippen LogP contribution is 2.52. The van der Waals surface area contributed by atoms with Crippen molar-refractivity contribution in [2.24, 2.45) is 5.73 Å². The SMILES string of the molecule is Cc1cc2c(c(=O)o1)[C@]1(C(=O)Nc3cc(Br)c(C)cc31)C(C#N)=C(N)O2. The molecular weight excluding hydrogens is 402 g/mol. The summed E-state index contributed by atoms with van der Waals surface area (Å²) in [6.45, 7) is 3.43. The van der Waals surface area contributed by atoms with E-state index in [0.717, 1.165) is 10.0 Å². The molecule has 3 N–H and O–H groups in total. The Morgan fingerprint density at radius 3 is 2.69 bits per heavy atom. The van der Waals surface area contributed by atoms with E-state index in [0.29, 0.717) is 17.0 Å². The molecule has 0 radical (unpaired) electrons. The van der Waals surface area contributed by atoms with Crippen LogP contribution < -0.4 is 21.4 Å². The maximum absolute atomic E-state index is 13.1. The van der Waals surface area contributed by atoms with Crippen LogP contribution in [-0.4, -0.2) is 5.91 Å². The van der Waals surface area contributed by atoms with E-state index >= 15 is 0 Å². The molecule has 3 heterocycles. The molecule has 1 aromatic heterocycles. The molecule has 0 saturated carbocycles. The number of amides is 1. The first-order valence-corrected chi connectivity index (χ1v) is 8.45. The molecule has 1 spiro atoms. The van der Waals surface area contributed by atoms with Gasteiger partial charge in [0.05, 0.1) is 0 Å². The van der Waals surface area contributed by atoms with Crippen LogP contribution in [0, 0.1) is 25.2 Å². The first kappa shape index (κ1) is 16.4. The molecule has 2 aromatic rings. The van der Waals surface area contributed by atoms with Crippen molar-refractivity contribution in [1.82, 2.24) is 0 Å². The molecule has 1 amide bonds. The molecule has 26 heavy (non-hydrogen) atoms. The molecule has 0 unspecified atom stereocenters. The van der Waals surface area contributed by atoms with Crippen molar-refractivity contribution in [1.29, 1.82) is 5.26 Å². The average Bonchev–Trinajstić information content (AvgIpc) is 2.80. The van der Waals surface area contributed by atoms with Crippen molar-refractivity contribution < 1.29 is 13.9 Å². The zero-order valence-corrected chi connectivity index (χ0v) is 15.4. The Bertz CT molecular complexity index is 1140. The van der Waals surface area contributed by atoms with E-state index in [4.69, 9.17) is 14.9 Å². The number of fused-ring (bicyclic) bond motifs is 4.